The Balaban J connectivity index is 0.00000392. The molecule has 0 saturated heterocycles. The Labute approximate surface area is 180 Å². The van der Waals surface area contributed by atoms with Gasteiger partial charge in [-0.2, -0.15) is 0 Å². The average molecular weight is 449 g/mol. The number of unbranched alkanes of at least 4 members (excludes halogenated alkanes) is 2. The lowest BCUT2D eigenvalue weighted by Gasteiger charge is -2.23. The molecule has 2 aromatic carbocycles. The first kappa shape index (κ1) is 24.2. The summed E-state index contributed by atoms with van der Waals surface area (Å²) in [5.41, 5.74) is 2.07. The fourth-order valence-electron chi connectivity index (χ4n) is 2.75. The number of benzene rings is 2. The van der Waals surface area contributed by atoms with Crippen LogP contribution < -0.4 is 27.0 Å². The van der Waals surface area contributed by atoms with E-state index < -0.39 is 0 Å². The Bertz CT molecular complexity index is 682. The second-order valence-electron chi connectivity index (χ2n) is 7.94. The number of likely N-dealkylation sites (N-methyl/N-ethyl adjacent to an activating group) is 1. The first-order valence-corrected chi connectivity index (χ1v) is 9.79. The van der Waals surface area contributed by atoms with E-state index in [0.29, 0.717) is 18.7 Å². The lowest BCUT2D eigenvalue weighted by molar-refractivity contribution is -0.869. The van der Waals surface area contributed by atoms with Crippen LogP contribution in [-0.4, -0.2) is 51.2 Å². The van der Waals surface area contributed by atoms with Crippen LogP contribution in [0.1, 0.15) is 35.2 Å². The van der Waals surface area contributed by atoms with Crippen molar-refractivity contribution in [2.75, 3.05) is 40.8 Å². The summed E-state index contributed by atoms with van der Waals surface area (Å²) in [5, 5.41) is 2.96. The molecule has 5 heteroatoms. The molecular formula is C23H33BrN2O2. The minimum absolute atomic E-state index is 0. The molecule has 0 heterocycles. The molecule has 4 nitrogen and oxygen atoms in total. The molecular weight excluding hydrogens is 416 g/mol. The van der Waals surface area contributed by atoms with Crippen molar-refractivity contribution in [2.45, 2.75) is 25.7 Å². The molecule has 0 aromatic heterocycles. The molecule has 1 N–H and O–H groups in total. The van der Waals surface area contributed by atoms with Crippen LogP contribution >= 0.6 is 0 Å². The van der Waals surface area contributed by atoms with Gasteiger partial charge in [0.15, 0.2) is 0 Å². The summed E-state index contributed by atoms with van der Waals surface area (Å²) in [6.45, 7) is 2.28. The Morgan fingerprint density at radius 3 is 2.25 bits per heavy atom. The van der Waals surface area contributed by atoms with Crippen molar-refractivity contribution in [3.05, 3.63) is 65.7 Å². The number of aryl methyl sites for hydroxylation is 1. The predicted octanol–water partition coefficient (Wildman–Crippen LogP) is 0.918. The lowest BCUT2D eigenvalue weighted by atomic mass is 10.1. The van der Waals surface area contributed by atoms with E-state index in [4.69, 9.17) is 4.74 Å². The van der Waals surface area contributed by atoms with Crippen LogP contribution in [0.3, 0.4) is 0 Å². The van der Waals surface area contributed by atoms with E-state index in [1.165, 1.54) is 12.0 Å². The van der Waals surface area contributed by atoms with Crippen molar-refractivity contribution in [2.24, 2.45) is 0 Å². The normalized spacial score (nSPS) is 10.8. The third-order valence-corrected chi connectivity index (χ3v) is 4.41. The molecule has 0 spiro atoms. The summed E-state index contributed by atoms with van der Waals surface area (Å²) in [6, 6.07) is 18.0. The zero-order chi connectivity index (χ0) is 19.5. The van der Waals surface area contributed by atoms with E-state index in [2.05, 4.69) is 56.8 Å². The number of hydrogen-bond donors (Lipinski definition) is 1. The minimum atomic E-state index is -0.0316. The maximum Gasteiger partial charge on any atom is 0.251 e. The number of hydrogen-bond acceptors (Lipinski definition) is 2. The number of quaternary nitrogens is 1. The molecule has 2 rings (SSSR count). The smallest absolute Gasteiger partial charge is 0.251 e. The van der Waals surface area contributed by atoms with Crippen LogP contribution in [0.5, 0.6) is 5.75 Å². The van der Waals surface area contributed by atoms with E-state index in [1.54, 1.807) is 0 Å². The van der Waals surface area contributed by atoms with Crippen molar-refractivity contribution in [3.8, 4) is 5.75 Å². The van der Waals surface area contributed by atoms with Gasteiger partial charge in [0.25, 0.3) is 5.91 Å². The van der Waals surface area contributed by atoms with Gasteiger partial charge in [-0.3, -0.25) is 4.79 Å². The van der Waals surface area contributed by atoms with Crippen molar-refractivity contribution >= 4 is 5.91 Å². The molecule has 0 atom stereocenters. The number of amides is 1. The van der Waals surface area contributed by atoms with Crippen LogP contribution in [0.4, 0.5) is 0 Å². The number of carbonyl (C=O) groups is 1. The van der Waals surface area contributed by atoms with Gasteiger partial charge in [-0.25, -0.2) is 0 Å². The molecule has 0 fully saturated rings. The molecule has 28 heavy (non-hydrogen) atoms. The highest BCUT2D eigenvalue weighted by molar-refractivity contribution is 5.94. The maximum absolute atomic E-state index is 12.1. The van der Waals surface area contributed by atoms with Crippen molar-refractivity contribution in [1.29, 1.82) is 0 Å². The number of halogens is 1. The fraction of sp³-hybridized carbons (Fsp3) is 0.435. The summed E-state index contributed by atoms with van der Waals surface area (Å²) in [6.07, 6.45) is 4.50. The maximum atomic E-state index is 12.1. The van der Waals surface area contributed by atoms with Crippen molar-refractivity contribution in [1.82, 2.24) is 5.32 Å². The number of ether oxygens (including phenoxy) is 1. The SMILES string of the molecule is C[N+](C)(C)CCNC(=O)c1ccc(OCCCCCc2ccccc2)cc1.[Br-]. The van der Waals surface area contributed by atoms with Crippen molar-refractivity contribution < 1.29 is 31.0 Å². The molecule has 0 aliphatic rings. The first-order chi connectivity index (χ1) is 12.9. The van der Waals surface area contributed by atoms with Gasteiger partial charge in [-0.15, -0.1) is 0 Å². The summed E-state index contributed by atoms with van der Waals surface area (Å²) in [7, 11) is 6.33. The van der Waals surface area contributed by atoms with Gasteiger partial charge >= 0.3 is 0 Å². The highest BCUT2D eigenvalue weighted by Gasteiger charge is 2.09. The number of nitrogens with zero attached hydrogens (tertiary/aromatic N) is 1. The van der Waals surface area contributed by atoms with E-state index >= 15 is 0 Å². The molecule has 0 radical (unpaired) electrons. The predicted molar refractivity (Wildman–Crippen MR) is 111 cm³/mol. The molecule has 1 amide bonds. The molecule has 0 aliphatic heterocycles. The quantitative estimate of drug-likeness (QED) is 0.410. The summed E-state index contributed by atoms with van der Waals surface area (Å²) in [4.78, 5) is 12.1. The van der Waals surface area contributed by atoms with E-state index in [9.17, 15) is 4.79 Å². The van der Waals surface area contributed by atoms with Gasteiger partial charge in [0.1, 0.15) is 5.75 Å². The zero-order valence-corrected chi connectivity index (χ0v) is 18.9. The Morgan fingerprint density at radius 1 is 0.929 bits per heavy atom. The van der Waals surface area contributed by atoms with Crippen LogP contribution in [0.15, 0.2) is 54.6 Å². The third kappa shape index (κ3) is 9.90. The molecule has 0 saturated carbocycles. The summed E-state index contributed by atoms with van der Waals surface area (Å²) >= 11 is 0. The van der Waals surface area contributed by atoms with Gasteiger partial charge in [-0.05, 0) is 55.5 Å². The Kier molecular flexibility index (Phi) is 10.9. The highest BCUT2D eigenvalue weighted by Crippen LogP contribution is 2.13. The topological polar surface area (TPSA) is 38.3 Å². The second-order valence-corrected chi connectivity index (χ2v) is 7.94. The Hall–Kier alpha value is -1.85. The lowest BCUT2D eigenvalue weighted by Crippen LogP contribution is -3.00. The number of carbonyl (C=O) groups excluding carboxylic acids is 1. The van der Waals surface area contributed by atoms with Gasteiger partial charge in [0.2, 0.25) is 0 Å². The highest BCUT2D eigenvalue weighted by atomic mass is 79.9. The summed E-state index contributed by atoms with van der Waals surface area (Å²) in [5.74, 6) is 0.789. The van der Waals surface area contributed by atoms with E-state index in [1.807, 2.05) is 24.3 Å². The van der Waals surface area contributed by atoms with Crippen LogP contribution in [-0.2, 0) is 6.42 Å². The largest absolute Gasteiger partial charge is 1.00 e. The van der Waals surface area contributed by atoms with E-state index in [-0.39, 0.29) is 22.9 Å². The number of rotatable bonds is 11. The number of nitrogens with one attached hydrogen (secondary N) is 1. The molecule has 0 bridgehead atoms. The third-order valence-electron chi connectivity index (χ3n) is 4.41. The van der Waals surface area contributed by atoms with Gasteiger partial charge in [0, 0.05) is 5.56 Å². The molecule has 0 unspecified atom stereocenters. The van der Waals surface area contributed by atoms with Crippen LogP contribution in [0, 0.1) is 0 Å². The van der Waals surface area contributed by atoms with Crippen molar-refractivity contribution in [3.63, 3.8) is 0 Å². The fourth-order valence-corrected chi connectivity index (χ4v) is 2.75. The van der Waals surface area contributed by atoms with Gasteiger partial charge in [0.05, 0.1) is 40.8 Å². The second kappa shape index (κ2) is 12.6. The minimum Gasteiger partial charge on any atom is -1.00 e. The van der Waals surface area contributed by atoms with Gasteiger partial charge < -0.3 is 31.5 Å². The van der Waals surface area contributed by atoms with Crippen LogP contribution in [0.25, 0.3) is 0 Å². The average Bonchev–Trinajstić information content (AvgIpc) is 2.65. The Morgan fingerprint density at radius 2 is 1.61 bits per heavy atom. The zero-order valence-electron chi connectivity index (χ0n) is 17.3. The van der Waals surface area contributed by atoms with Gasteiger partial charge in [-0.1, -0.05) is 30.3 Å². The molecule has 154 valence electrons. The molecule has 2 aromatic rings. The van der Waals surface area contributed by atoms with E-state index in [0.717, 1.165) is 36.0 Å². The monoisotopic (exact) mass is 448 g/mol. The molecule has 0 aliphatic carbocycles. The summed E-state index contributed by atoms with van der Waals surface area (Å²) < 4.78 is 6.62. The van der Waals surface area contributed by atoms with Crippen LogP contribution in [0.2, 0.25) is 0 Å². The first-order valence-electron chi connectivity index (χ1n) is 9.79. The standard InChI is InChI=1S/C23H32N2O2.BrH/c1-25(2,3)18-17-24-23(26)21-13-15-22(16-14-21)27-19-9-5-8-12-20-10-6-4-7-11-20;/h4,6-7,10-11,13-16H,5,8-9,12,17-19H2,1-3H3;1H.